The van der Waals surface area contributed by atoms with Crippen LogP contribution in [0.2, 0.25) is 0 Å². The van der Waals surface area contributed by atoms with Gasteiger partial charge in [-0.15, -0.1) is 0 Å². The number of aromatic nitrogens is 1. The standard InChI is InChI=1S/C14H21N3O3/c1-8(5-4-6-12(18)19)17-11-7-9(2)16-10(3)13(11)14(15)20/h7-8H,4-6H2,1-3H3,(H2,15,20)(H,16,17)(H,18,19). The van der Waals surface area contributed by atoms with Crippen molar-refractivity contribution in [3.8, 4) is 0 Å². The third-order valence-corrected chi connectivity index (χ3v) is 3.00. The van der Waals surface area contributed by atoms with Gasteiger partial charge in [0.05, 0.1) is 16.9 Å². The van der Waals surface area contributed by atoms with E-state index < -0.39 is 11.9 Å². The molecule has 0 aliphatic carbocycles. The SMILES string of the molecule is Cc1cc(NC(C)CCCC(=O)O)c(C(N)=O)c(C)n1. The second-order valence-electron chi connectivity index (χ2n) is 4.97. The first-order valence-corrected chi connectivity index (χ1v) is 6.57. The van der Waals surface area contributed by atoms with Crippen molar-refractivity contribution >= 4 is 17.6 Å². The molecule has 0 radical (unpaired) electrons. The molecule has 0 aliphatic rings. The maximum atomic E-state index is 11.5. The van der Waals surface area contributed by atoms with E-state index in [0.717, 1.165) is 5.69 Å². The topological polar surface area (TPSA) is 105 Å². The van der Waals surface area contributed by atoms with Crippen LogP contribution in [-0.4, -0.2) is 28.0 Å². The van der Waals surface area contributed by atoms with Crippen molar-refractivity contribution in [2.45, 2.75) is 46.1 Å². The Morgan fingerprint density at radius 2 is 2.10 bits per heavy atom. The molecule has 110 valence electrons. The van der Waals surface area contributed by atoms with Crippen molar-refractivity contribution < 1.29 is 14.7 Å². The van der Waals surface area contributed by atoms with E-state index in [1.807, 2.05) is 13.8 Å². The molecule has 1 heterocycles. The molecule has 0 aliphatic heterocycles. The Bertz CT molecular complexity index is 515. The summed E-state index contributed by atoms with van der Waals surface area (Å²) in [5.41, 5.74) is 7.83. The number of nitrogens with one attached hydrogen (secondary N) is 1. The summed E-state index contributed by atoms with van der Waals surface area (Å²) in [6, 6.07) is 1.83. The first kappa shape index (κ1) is 15.9. The Morgan fingerprint density at radius 3 is 2.65 bits per heavy atom. The number of hydrogen-bond donors (Lipinski definition) is 3. The molecule has 20 heavy (non-hydrogen) atoms. The molecule has 6 nitrogen and oxygen atoms in total. The molecule has 1 aromatic heterocycles. The van der Waals surface area contributed by atoms with Gasteiger partial charge in [0.25, 0.3) is 5.91 Å². The predicted octanol–water partition coefficient (Wildman–Crippen LogP) is 1.85. The monoisotopic (exact) mass is 279 g/mol. The lowest BCUT2D eigenvalue weighted by Gasteiger charge is -2.18. The molecule has 0 bridgehead atoms. The van der Waals surface area contributed by atoms with Crippen LogP contribution >= 0.6 is 0 Å². The van der Waals surface area contributed by atoms with Crippen LogP contribution in [0, 0.1) is 13.8 Å². The number of rotatable bonds is 7. The predicted molar refractivity (Wildman–Crippen MR) is 76.8 cm³/mol. The Morgan fingerprint density at radius 1 is 1.45 bits per heavy atom. The highest BCUT2D eigenvalue weighted by Crippen LogP contribution is 2.21. The molecular formula is C14H21N3O3. The van der Waals surface area contributed by atoms with E-state index in [1.165, 1.54) is 0 Å². The minimum absolute atomic E-state index is 0.0497. The zero-order valence-corrected chi connectivity index (χ0v) is 12.1. The van der Waals surface area contributed by atoms with Crippen molar-refractivity contribution in [1.29, 1.82) is 0 Å². The van der Waals surface area contributed by atoms with E-state index in [9.17, 15) is 9.59 Å². The van der Waals surface area contributed by atoms with Crippen molar-refractivity contribution in [3.05, 3.63) is 23.0 Å². The van der Waals surface area contributed by atoms with Gasteiger partial charge in [0, 0.05) is 18.2 Å². The zero-order chi connectivity index (χ0) is 15.3. The van der Waals surface area contributed by atoms with Crippen LogP contribution in [0.1, 0.15) is 47.9 Å². The number of aryl methyl sites for hydroxylation is 2. The normalized spacial score (nSPS) is 11.9. The van der Waals surface area contributed by atoms with Crippen molar-refractivity contribution in [3.63, 3.8) is 0 Å². The molecule has 0 saturated carbocycles. The maximum absolute atomic E-state index is 11.5. The number of aliphatic carboxylic acids is 1. The van der Waals surface area contributed by atoms with Crippen molar-refractivity contribution in [2.75, 3.05) is 5.32 Å². The number of pyridine rings is 1. The molecule has 0 spiro atoms. The van der Waals surface area contributed by atoms with Gasteiger partial charge in [-0.05, 0) is 39.7 Å². The molecule has 1 rings (SSSR count). The van der Waals surface area contributed by atoms with E-state index in [2.05, 4.69) is 10.3 Å². The van der Waals surface area contributed by atoms with E-state index in [4.69, 9.17) is 10.8 Å². The number of nitrogens with two attached hydrogens (primary N) is 1. The van der Waals surface area contributed by atoms with Gasteiger partial charge in [0.15, 0.2) is 0 Å². The Balaban J connectivity index is 2.80. The molecular weight excluding hydrogens is 258 g/mol. The first-order valence-electron chi connectivity index (χ1n) is 6.57. The molecule has 0 fully saturated rings. The third kappa shape index (κ3) is 4.53. The number of carbonyl (C=O) groups excluding carboxylic acids is 1. The van der Waals surface area contributed by atoms with E-state index >= 15 is 0 Å². The summed E-state index contributed by atoms with van der Waals surface area (Å²) in [7, 11) is 0. The highest BCUT2D eigenvalue weighted by Gasteiger charge is 2.15. The molecule has 1 aromatic rings. The van der Waals surface area contributed by atoms with Crippen LogP contribution in [0.5, 0.6) is 0 Å². The summed E-state index contributed by atoms with van der Waals surface area (Å²) in [6.07, 6.45) is 1.42. The summed E-state index contributed by atoms with van der Waals surface area (Å²) in [6.45, 7) is 5.53. The van der Waals surface area contributed by atoms with E-state index in [-0.39, 0.29) is 12.5 Å². The van der Waals surface area contributed by atoms with Crippen molar-refractivity contribution in [1.82, 2.24) is 4.98 Å². The highest BCUT2D eigenvalue weighted by molar-refractivity contribution is 5.99. The molecule has 1 atom stereocenters. The maximum Gasteiger partial charge on any atom is 0.303 e. The van der Waals surface area contributed by atoms with Gasteiger partial charge in [-0.3, -0.25) is 14.6 Å². The molecule has 0 aromatic carbocycles. The number of carboxylic acids is 1. The quantitative estimate of drug-likeness (QED) is 0.706. The smallest absolute Gasteiger partial charge is 0.303 e. The second kappa shape index (κ2) is 6.88. The summed E-state index contributed by atoms with van der Waals surface area (Å²) in [5.74, 6) is -1.32. The molecule has 1 unspecified atom stereocenters. The number of nitrogens with zero attached hydrogens (tertiary/aromatic N) is 1. The fourth-order valence-electron chi connectivity index (χ4n) is 2.15. The second-order valence-corrected chi connectivity index (χ2v) is 4.97. The van der Waals surface area contributed by atoms with Crippen LogP contribution in [0.4, 0.5) is 5.69 Å². The summed E-state index contributed by atoms with van der Waals surface area (Å²) in [4.78, 5) is 26.2. The van der Waals surface area contributed by atoms with Crippen LogP contribution in [0.25, 0.3) is 0 Å². The number of anilines is 1. The zero-order valence-electron chi connectivity index (χ0n) is 12.1. The Hall–Kier alpha value is -2.11. The molecule has 0 saturated heterocycles. The molecule has 1 amide bonds. The Kier molecular flexibility index (Phi) is 5.49. The van der Waals surface area contributed by atoms with Crippen LogP contribution < -0.4 is 11.1 Å². The van der Waals surface area contributed by atoms with Crippen molar-refractivity contribution in [2.24, 2.45) is 5.73 Å². The minimum atomic E-state index is -0.800. The number of primary amides is 1. The van der Waals surface area contributed by atoms with Gasteiger partial charge in [-0.1, -0.05) is 0 Å². The van der Waals surface area contributed by atoms with Gasteiger partial charge in [0.2, 0.25) is 0 Å². The van der Waals surface area contributed by atoms with Gasteiger partial charge in [-0.2, -0.15) is 0 Å². The average molecular weight is 279 g/mol. The molecule has 6 heteroatoms. The van der Waals surface area contributed by atoms with Gasteiger partial charge in [-0.25, -0.2) is 0 Å². The summed E-state index contributed by atoms with van der Waals surface area (Å²) >= 11 is 0. The summed E-state index contributed by atoms with van der Waals surface area (Å²) < 4.78 is 0. The highest BCUT2D eigenvalue weighted by atomic mass is 16.4. The number of amides is 1. The van der Waals surface area contributed by atoms with Gasteiger partial charge < -0.3 is 16.2 Å². The third-order valence-electron chi connectivity index (χ3n) is 3.00. The largest absolute Gasteiger partial charge is 0.481 e. The average Bonchev–Trinajstić information content (AvgIpc) is 2.26. The first-order chi connectivity index (χ1) is 9.31. The number of hydrogen-bond acceptors (Lipinski definition) is 4. The fraction of sp³-hybridized carbons (Fsp3) is 0.500. The van der Waals surface area contributed by atoms with E-state index in [0.29, 0.717) is 29.8 Å². The van der Waals surface area contributed by atoms with Crippen LogP contribution in [0.15, 0.2) is 6.07 Å². The van der Waals surface area contributed by atoms with Crippen LogP contribution in [-0.2, 0) is 4.79 Å². The lowest BCUT2D eigenvalue weighted by molar-refractivity contribution is -0.137. The summed E-state index contributed by atoms with van der Waals surface area (Å²) in [5, 5.41) is 11.8. The molecule has 4 N–H and O–H groups in total. The van der Waals surface area contributed by atoms with Crippen LogP contribution in [0.3, 0.4) is 0 Å². The minimum Gasteiger partial charge on any atom is -0.481 e. The lowest BCUT2D eigenvalue weighted by Crippen LogP contribution is -2.22. The van der Waals surface area contributed by atoms with E-state index in [1.54, 1.807) is 13.0 Å². The van der Waals surface area contributed by atoms with Gasteiger partial charge >= 0.3 is 5.97 Å². The van der Waals surface area contributed by atoms with Gasteiger partial charge in [0.1, 0.15) is 0 Å². The fourth-order valence-corrected chi connectivity index (χ4v) is 2.15. The number of carboxylic acid groups (broad SMARTS) is 1. The Labute approximate surface area is 118 Å². The number of carbonyl (C=O) groups is 2. The lowest BCUT2D eigenvalue weighted by atomic mass is 10.1.